The van der Waals surface area contributed by atoms with Crippen LogP contribution in [0.3, 0.4) is 0 Å². The van der Waals surface area contributed by atoms with Gasteiger partial charge in [-0.15, -0.1) is 0 Å². The highest BCUT2D eigenvalue weighted by Gasteiger charge is 2.39. The van der Waals surface area contributed by atoms with Crippen molar-refractivity contribution in [2.45, 2.75) is 12.4 Å². The Balaban J connectivity index is 3.03. The molecule has 0 unspecified atom stereocenters. The van der Waals surface area contributed by atoms with Gasteiger partial charge in [0.2, 0.25) is 0 Å². The van der Waals surface area contributed by atoms with Crippen LogP contribution in [-0.4, -0.2) is 14.5 Å². The highest BCUT2D eigenvalue weighted by molar-refractivity contribution is 9.10. The summed E-state index contributed by atoms with van der Waals surface area (Å²) in [6.45, 7) is 3.19. The molecule has 2 rings (SSSR count). The summed E-state index contributed by atoms with van der Waals surface area (Å²) in [5.41, 5.74) is -2.91. The van der Waals surface area contributed by atoms with Crippen molar-refractivity contribution in [1.82, 2.24) is 9.55 Å². The average molecular weight is 473 g/mol. The van der Waals surface area contributed by atoms with Crippen LogP contribution in [0.1, 0.15) is 11.3 Å². The zero-order valence-electron chi connectivity index (χ0n) is 13.2. The van der Waals surface area contributed by atoms with Gasteiger partial charge < -0.3 is 5.73 Å². The lowest BCUT2D eigenvalue weighted by atomic mass is 10.1. The fraction of sp³-hybridized carbons (Fsp3) is 0.143. The third-order valence-corrected chi connectivity index (χ3v) is 4.04. The van der Waals surface area contributed by atoms with Crippen molar-refractivity contribution in [1.29, 1.82) is 0 Å². The van der Waals surface area contributed by atoms with Crippen molar-refractivity contribution in [2.24, 2.45) is 0 Å². The summed E-state index contributed by atoms with van der Waals surface area (Å²) in [6, 6.07) is 0.523. The predicted molar refractivity (Wildman–Crippen MR) is 89.1 cm³/mol. The van der Waals surface area contributed by atoms with Gasteiger partial charge in [0.05, 0.1) is 10.5 Å². The Hall–Kier alpha value is -2.90. The molecule has 0 amide bonds. The number of nitro groups is 1. The molecule has 1 aromatic heterocycles. The van der Waals surface area contributed by atoms with Crippen LogP contribution in [0, 0.1) is 10.1 Å². The Morgan fingerprint density at radius 2 is 1.79 bits per heavy atom. The minimum absolute atomic E-state index is 0.114. The van der Waals surface area contributed by atoms with Gasteiger partial charge in [0.1, 0.15) is 11.3 Å². The zero-order chi connectivity index (χ0) is 21.6. The van der Waals surface area contributed by atoms with E-state index in [2.05, 4.69) is 27.5 Å². The quantitative estimate of drug-likeness (QED) is 0.407. The third kappa shape index (κ3) is 3.72. The van der Waals surface area contributed by atoms with Gasteiger partial charge in [-0.2, -0.15) is 26.3 Å². The second kappa shape index (κ2) is 6.92. The molecular formula is C14H7BrF6N4O3. The minimum Gasteiger partial charge on any atom is -0.392 e. The first-order chi connectivity index (χ1) is 12.7. The van der Waals surface area contributed by atoms with E-state index in [1.807, 2.05) is 0 Å². The fourth-order valence-electron chi connectivity index (χ4n) is 2.23. The van der Waals surface area contributed by atoms with Crippen LogP contribution in [-0.2, 0) is 12.4 Å². The van der Waals surface area contributed by atoms with Crippen molar-refractivity contribution in [3.05, 3.63) is 54.9 Å². The zero-order valence-corrected chi connectivity index (χ0v) is 14.8. The summed E-state index contributed by atoms with van der Waals surface area (Å²) in [5.74, 6) is -0.964. The molecule has 0 fully saturated rings. The van der Waals surface area contributed by atoms with Crippen LogP contribution in [0.5, 0.6) is 0 Å². The van der Waals surface area contributed by atoms with E-state index >= 15 is 0 Å². The fourth-order valence-corrected chi connectivity index (χ4v) is 2.86. The number of nitrogens with two attached hydrogens (primary N) is 1. The molecule has 150 valence electrons. The number of nitro benzene ring substituents is 1. The summed E-state index contributed by atoms with van der Waals surface area (Å²) in [7, 11) is 0. The van der Waals surface area contributed by atoms with Gasteiger partial charge in [-0.3, -0.25) is 19.5 Å². The van der Waals surface area contributed by atoms with Crippen LogP contribution < -0.4 is 11.3 Å². The van der Waals surface area contributed by atoms with Crippen LogP contribution >= 0.6 is 15.9 Å². The minimum atomic E-state index is -5.20. The van der Waals surface area contributed by atoms with Crippen LogP contribution in [0.15, 0.2) is 28.0 Å². The third-order valence-electron chi connectivity index (χ3n) is 3.42. The molecule has 0 atom stereocenters. The molecule has 7 nitrogen and oxygen atoms in total. The summed E-state index contributed by atoms with van der Waals surface area (Å²) >= 11 is 2.67. The highest BCUT2D eigenvalue weighted by atomic mass is 79.9. The van der Waals surface area contributed by atoms with Crippen molar-refractivity contribution in [3.8, 4) is 11.4 Å². The van der Waals surface area contributed by atoms with E-state index in [4.69, 9.17) is 5.73 Å². The Kier molecular flexibility index (Phi) is 5.29. The van der Waals surface area contributed by atoms with Gasteiger partial charge in [0.15, 0.2) is 11.5 Å². The topological polar surface area (TPSA) is 104 Å². The normalized spacial score (nSPS) is 12.1. The first kappa shape index (κ1) is 21.4. The van der Waals surface area contributed by atoms with Gasteiger partial charge in [-0.1, -0.05) is 6.58 Å². The molecule has 0 spiro atoms. The number of anilines is 1. The molecule has 0 radical (unpaired) electrons. The predicted octanol–water partition coefficient (Wildman–Crippen LogP) is 4.30. The second-order valence-electron chi connectivity index (χ2n) is 5.16. The van der Waals surface area contributed by atoms with Gasteiger partial charge in [-0.05, 0) is 22.0 Å². The van der Waals surface area contributed by atoms with Crippen LogP contribution in [0.2, 0.25) is 0 Å². The molecule has 1 heterocycles. The van der Waals surface area contributed by atoms with Gasteiger partial charge in [0.25, 0.3) is 11.2 Å². The van der Waals surface area contributed by atoms with E-state index in [9.17, 15) is 41.3 Å². The van der Waals surface area contributed by atoms with E-state index in [0.29, 0.717) is 16.8 Å². The largest absolute Gasteiger partial charge is 0.435 e. The summed E-state index contributed by atoms with van der Waals surface area (Å²) in [5, 5.41) is 11.3. The molecule has 0 saturated heterocycles. The number of aromatic nitrogens is 2. The van der Waals surface area contributed by atoms with E-state index in [1.165, 1.54) is 0 Å². The van der Waals surface area contributed by atoms with E-state index in [1.54, 1.807) is 0 Å². The molecule has 14 heteroatoms. The Morgan fingerprint density at radius 1 is 1.21 bits per heavy atom. The maximum atomic E-state index is 13.1. The highest BCUT2D eigenvalue weighted by Crippen LogP contribution is 2.42. The molecule has 2 aromatic rings. The number of alkyl halides is 6. The number of rotatable bonds is 3. The molecule has 28 heavy (non-hydrogen) atoms. The number of hydrogen-bond donors (Lipinski definition) is 1. The summed E-state index contributed by atoms with van der Waals surface area (Å²) < 4.78 is 77.9. The summed E-state index contributed by atoms with van der Waals surface area (Å²) in [4.78, 5) is 25.3. The lowest BCUT2D eigenvalue weighted by Crippen LogP contribution is -2.28. The van der Waals surface area contributed by atoms with Crippen LogP contribution in [0.4, 0.5) is 37.7 Å². The van der Waals surface area contributed by atoms with Gasteiger partial charge >= 0.3 is 12.4 Å². The lowest BCUT2D eigenvalue weighted by Gasteiger charge is -2.16. The van der Waals surface area contributed by atoms with Crippen molar-refractivity contribution < 1.29 is 31.3 Å². The monoisotopic (exact) mass is 472 g/mol. The smallest absolute Gasteiger partial charge is 0.392 e. The summed E-state index contributed by atoms with van der Waals surface area (Å²) in [6.07, 6.45) is -9.50. The van der Waals surface area contributed by atoms with Crippen LogP contribution in [0.25, 0.3) is 17.6 Å². The molecule has 0 saturated carbocycles. The van der Waals surface area contributed by atoms with E-state index in [0.717, 1.165) is 0 Å². The average Bonchev–Trinajstić information content (AvgIpc) is 2.54. The molecule has 2 N–H and O–H groups in total. The number of nitrogens with zero attached hydrogens (tertiary/aromatic N) is 3. The molecular weight excluding hydrogens is 466 g/mol. The van der Waals surface area contributed by atoms with Crippen molar-refractivity contribution in [3.63, 3.8) is 0 Å². The molecule has 0 aliphatic heterocycles. The number of hydrogen-bond acceptors (Lipinski definition) is 5. The lowest BCUT2D eigenvalue weighted by molar-refractivity contribution is -0.384. The van der Waals surface area contributed by atoms with Gasteiger partial charge in [-0.25, -0.2) is 4.98 Å². The SMILES string of the molecule is C=Cn1c(-c2c(Br)cc(C(F)(F)F)cc2[N+](=O)[O-])nc(C(F)(F)F)c(N)c1=O. The standard InChI is InChI=1S/C14H7BrF6N4O3/c1-2-24-11(23-10(14(19,20)21)9(22)12(24)26)8-6(15)3-5(13(16,17)18)4-7(8)25(27)28/h2-4H,1,22H2. The van der Waals surface area contributed by atoms with Crippen molar-refractivity contribution >= 4 is 33.5 Å². The number of nitrogen functional groups attached to an aromatic ring is 1. The first-order valence-electron chi connectivity index (χ1n) is 6.87. The molecule has 1 aromatic carbocycles. The maximum Gasteiger partial charge on any atom is 0.435 e. The number of benzene rings is 1. The first-order valence-corrected chi connectivity index (χ1v) is 7.66. The van der Waals surface area contributed by atoms with E-state index in [-0.39, 0.29) is 6.07 Å². The Bertz CT molecular complexity index is 1050. The van der Waals surface area contributed by atoms with Crippen molar-refractivity contribution in [2.75, 3.05) is 5.73 Å². The Morgan fingerprint density at radius 3 is 2.21 bits per heavy atom. The molecule has 0 aliphatic rings. The maximum absolute atomic E-state index is 13.1. The van der Waals surface area contributed by atoms with E-state index < -0.39 is 61.3 Å². The second-order valence-corrected chi connectivity index (χ2v) is 6.01. The molecule has 0 bridgehead atoms. The van der Waals surface area contributed by atoms with Gasteiger partial charge in [0, 0.05) is 16.7 Å². The Labute approximate surface area is 159 Å². The molecule has 0 aliphatic carbocycles. The number of halogens is 7.